The monoisotopic (exact) mass is 325 g/mol. The fourth-order valence-corrected chi connectivity index (χ4v) is 4.08. The summed E-state index contributed by atoms with van der Waals surface area (Å²) >= 11 is 0. The Kier molecular flexibility index (Phi) is 5.06. The van der Waals surface area contributed by atoms with Gasteiger partial charge in [-0.25, -0.2) is 10.3 Å². The third kappa shape index (κ3) is 3.45. The van der Waals surface area contributed by atoms with Crippen LogP contribution < -0.4 is 5.48 Å². The first-order chi connectivity index (χ1) is 11.1. The number of likely N-dealkylation sites (tertiary alicyclic amines) is 1. The average Bonchev–Trinajstić information content (AvgIpc) is 3.05. The summed E-state index contributed by atoms with van der Waals surface area (Å²) in [6.07, 6.45) is 4.37. The van der Waals surface area contributed by atoms with Crippen molar-refractivity contribution in [3.05, 3.63) is 0 Å². The Bertz CT molecular complexity index is 453. The van der Waals surface area contributed by atoms with Crippen LogP contribution in [-0.4, -0.2) is 65.3 Å². The van der Waals surface area contributed by atoms with Gasteiger partial charge in [-0.3, -0.25) is 10.0 Å². The van der Waals surface area contributed by atoms with Crippen LogP contribution in [0.4, 0.5) is 4.79 Å². The number of fused-ring (bicyclic) bond motifs is 1. The van der Waals surface area contributed by atoms with E-state index in [4.69, 9.17) is 9.94 Å². The Morgan fingerprint density at radius 1 is 1.22 bits per heavy atom. The molecule has 7 heteroatoms. The molecular formula is C16H27N3O4. The van der Waals surface area contributed by atoms with Crippen molar-refractivity contribution in [2.75, 3.05) is 26.2 Å². The average molecular weight is 325 g/mol. The topological polar surface area (TPSA) is 82.1 Å². The second-order valence-electron chi connectivity index (χ2n) is 7.10. The van der Waals surface area contributed by atoms with E-state index in [1.54, 1.807) is 5.48 Å². The van der Waals surface area contributed by atoms with Gasteiger partial charge in [0.25, 0.3) is 0 Å². The zero-order valence-electron chi connectivity index (χ0n) is 13.7. The highest BCUT2D eigenvalue weighted by Gasteiger charge is 2.40. The van der Waals surface area contributed by atoms with Gasteiger partial charge in [-0.1, -0.05) is 0 Å². The summed E-state index contributed by atoms with van der Waals surface area (Å²) in [6.45, 7) is 4.96. The molecule has 2 heterocycles. The zero-order chi connectivity index (χ0) is 16.4. The maximum Gasteiger partial charge on any atom is 0.320 e. The number of rotatable bonds is 1. The highest BCUT2D eigenvalue weighted by Crippen LogP contribution is 2.34. The van der Waals surface area contributed by atoms with E-state index in [9.17, 15) is 9.59 Å². The van der Waals surface area contributed by atoms with E-state index in [0.29, 0.717) is 19.6 Å². The van der Waals surface area contributed by atoms with Crippen molar-refractivity contribution < 1.29 is 19.5 Å². The van der Waals surface area contributed by atoms with Crippen LogP contribution in [0, 0.1) is 11.8 Å². The van der Waals surface area contributed by atoms with Crippen molar-refractivity contribution in [3.8, 4) is 0 Å². The fourth-order valence-electron chi connectivity index (χ4n) is 4.08. The van der Waals surface area contributed by atoms with Crippen molar-refractivity contribution in [3.63, 3.8) is 0 Å². The minimum absolute atomic E-state index is 0.00937. The van der Waals surface area contributed by atoms with E-state index in [0.717, 1.165) is 38.8 Å². The van der Waals surface area contributed by atoms with Crippen molar-refractivity contribution >= 4 is 11.9 Å². The van der Waals surface area contributed by atoms with Crippen LogP contribution in [0.25, 0.3) is 0 Å². The Morgan fingerprint density at radius 3 is 2.65 bits per heavy atom. The number of amides is 3. The van der Waals surface area contributed by atoms with Gasteiger partial charge in [0.2, 0.25) is 5.91 Å². The summed E-state index contributed by atoms with van der Waals surface area (Å²) in [5.41, 5.74) is 1.75. The van der Waals surface area contributed by atoms with Gasteiger partial charge in [-0.15, -0.1) is 0 Å². The second-order valence-corrected chi connectivity index (χ2v) is 7.10. The molecule has 0 aromatic carbocycles. The maximum atomic E-state index is 12.8. The van der Waals surface area contributed by atoms with Crippen LogP contribution >= 0.6 is 0 Å². The molecule has 130 valence electrons. The smallest absolute Gasteiger partial charge is 0.320 e. The predicted molar refractivity (Wildman–Crippen MR) is 82.9 cm³/mol. The lowest BCUT2D eigenvalue weighted by Crippen LogP contribution is -2.49. The van der Waals surface area contributed by atoms with Crippen molar-refractivity contribution in [1.82, 2.24) is 15.3 Å². The molecule has 3 rings (SSSR count). The third-order valence-corrected chi connectivity index (χ3v) is 5.55. The van der Waals surface area contributed by atoms with Gasteiger partial charge in [0.05, 0.1) is 18.8 Å². The molecule has 0 radical (unpaired) electrons. The molecule has 0 spiro atoms. The minimum atomic E-state index is -0.325. The molecule has 7 nitrogen and oxygen atoms in total. The molecule has 4 atom stereocenters. The maximum absolute atomic E-state index is 12.8. The van der Waals surface area contributed by atoms with Gasteiger partial charge in [0, 0.05) is 31.5 Å². The molecular weight excluding hydrogens is 298 g/mol. The molecule has 3 amide bonds. The van der Waals surface area contributed by atoms with Gasteiger partial charge in [0.1, 0.15) is 0 Å². The van der Waals surface area contributed by atoms with Gasteiger partial charge in [-0.05, 0) is 39.0 Å². The van der Waals surface area contributed by atoms with Crippen LogP contribution in [0.2, 0.25) is 0 Å². The Labute approximate surface area is 136 Å². The van der Waals surface area contributed by atoms with Crippen LogP contribution in [-0.2, 0) is 9.53 Å². The van der Waals surface area contributed by atoms with E-state index < -0.39 is 0 Å². The van der Waals surface area contributed by atoms with Crippen molar-refractivity contribution in [1.29, 1.82) is 0 Å². The normalized spacial score (nSPS) is 34.7. The largest absolute Gasteiger partial charge is 0.376 e. The Morgan fingerprint density at radius 2 is 1.96 bits per heavy atom. The number of nitrogens with zero attached hydrogens (tertiary/aromatic N) is 2. The van der Waals surface area contributed by atoms with Gasteiger partial charge >= 0.3 is 6.03 Å². The summed E-state index contributed by atoms with van der Waals surface area (Å²) in [5.74, 6) is -0.249. The highest BCUT2D eigenvalue weighted by molar-refractivity contribution is 5.77. The number of ether oxygens (including phenoxy) is 1. The molecule has 2 N–H and O–H groups in total. The Balaban J connectivity index is 1.66. The van der Waals surface area contributed by atoms with Crippen LogP contribution in [0.15, 0.2) is 0 Å². The lowest BCUT2D eigenvalue weighted by Gasteiger charge is -2.36. The van der Waals surface area contributed by atoms with E-state index in [2.05, 4.69) is 0 Å². The van der Waals surface area contributed by atoms with Crippen molar-refractivity contribution in [2.45, 2.75) is 51.2 Å². The summed E-state index contributed by atoms with van der Waals surface area (Å²) < 4.78 is 6.01. The first kappa shape index (κ1) is 16.5. The first-order valence-corrected chi connectivity index (χ1v) is 8.71. The molecule has 0 bridgehead atoms. The SMILES string of the molecule is C[C@H]1COC2CC(C(=O)NO)CCC2CN1C(=O)N1CCCC1. The van der Waals surface area contributed by atoms with Gasteiger partial charge < -0.3 is 14.5 Å². The molecule has 3 unspecified atom stereocenters. The number of hydrogen-bond acceptors (Lipinski definition) is 4. The number of carbonyl (C=O) groups is 2. The summed E-state index contributed by atoms with van der Waals surface area (Å²) in [4.78, 5) is 28.3. The number of hydroxylamine groups is 1. The molecule has 2 saturated heterocycles. The van der Waals surface area contributed by atoms with Crippen LogP contribution in [0.1, 0.15) is 39.0 Å². The summed E-state index contributed by atoms with van der Waals surface area (Å²) in [5, 5.41) is 8.82. The molecule has 3 aliphatic rings. The standard InChI is InChI=1S/C16H27N3O4/c1-11-10-23-14-8-12(15(20)17-22)4-5-13(14)9-19(11)16(21)18-6-2-3-7-18/h11-14,22H,2-10H2,1H3,(H,17,20)/t11-,12?,13?,14?/m0/s1. The molecule has 1 saturated carbocycles. The van der Waals surface area contributed by atoms with Gasteiger partial charge in [0.15, 0.2) is 0 Å². The highest BCUT2D eigenvalue weighted by atomic mass is 16.5. The molecule has 3 fully saturated rings. The first-order valence-electron chi connectivity index (χ1n) is 8.71. The molecule has 1 aliphatic carbocycles. The molecule has 2 aliphatic heterocycles. The predicted octanol–water partition coefficient (Wildman–Crippen LogP) is 1.21. The zero-order valence-corrected chi connectivity index (χ0v) is 13.7. The lowest BCUT2D eigenvalue weighted by molar-refractivity contribution is -0.137. The molecule has 0 aromatic rings. The second kappa shape index (κ2) is 7.05. The number of nitrogens with one attached hydrogen (secondary N) is 1. The quantitative estimate of drug-likeness (QED) is 0.561. The van der Waals surface area contributed by atoms with Gasteiger partial charge in [-0.2, -0.15) is 0 Å². The summed E-state index contributed by atoms with van der Waals surface area (Å²) in [6, 6.07) is 0.188. The molecule has 23 heavy (non-hydrogen) atoms. The van der Waals surface area contributed by atoms with E-state index in [1.165, 1.54) is 0 Å². The van der Waals surface area contributed by atoms with Crippen LogP contribution in [0.5, 0.6) is 0 Å². The van der Waals surface area contributed by atoms with Crippen molar-refractivity contribution in [2.24, 2.45) is 11.8 Å². The van der Waals surface area contributed by atoms with Crippen LogP contribution in [0.3, 0.4) is 0 Å². The fraction of sp³-hybridized carbons (Fsp3) is 0.875. The lowest BCUT2D eigenvalue weighted by atomic mass is 9.79. The Hall–Kier alpha value is -1.34. The minimum Gasteiger partial charge on any atom is -0.376 e. The number of urea groups is 1. The van der Waals surface area contributed by atoms with E-state index in [1.807, 2.05) is 16.7 Å². The van der Waals surface area contributed by atoms with E-state index in [-0.39, 0.29) is 35.9 Å². The van der Waals surface area contributed by atoms with E-state index >= 15 is 0 Å². The third-order valence-electron chi connectivity index (χ3n) is 5.55. The number of hydrogen-bond donors (Lipinski definition) is 2. The number of carbonyl (C=O) groups excluding carboxylic acids is 2. The molecule has 0 aromatic heterocycles. The summed E-state index contributed by atoms with van der Waals surface area (Å²) in [7, 11) is 0.